The molecule has 0 amide bonds. The topological polar surface area (TPSA) is 32.0 Å². The number of nitrogens with zero attached hydrogens (tertiary/aromatic N) is 3. The van der Waals surface area contributed by atoms with Crippen LogP contribution in [0.4, 0.5) is 0 Å². The summed E-state index contributed by atoms with van der Waals surface area (Å²) in [6, 6.07) is 31.3. The molecular formula is C35H34IrN3O-. The van der Waals surface area contributed by atoms with Crippen molar-refractivity contribution in [1.82, 2.24) is 14.1 Å². The van der Waals surface area contributed by atoms with Gasteiger partial charge >= 0.3 is 0 Å². The fraction of sp³-hybridized carbons (Fsp3) is 0.229. The zero-order valence-electron chi connectivity index (χ0n) is 23.3. The van der Waals surface area contributed by atoms with Crippen LogP contribution in [0.15, 0.2) is 91.3 Å². The number of hydrogen-bond acceptors (Lipinski definition) is 2. The minimum atomic E-state index is 0. The fourth-order valence-electron chi connectivity index (χ4n) is 5.68. The number of fused-ring (bicyclic) bond motifs is 3. The van der Waals surface area contributed by atoms with Crippen LogP contribution in [0.5, 0.6) is 5.75 Å². The van der Waals surface area contributed by atoms with Crippen LogP contribution in [-0.4, -0.2) is 20.7 Å². The number of aromatic nitrogens is 3. The van der Waals surface area contributed by atoms with E-state index < -0.39 is 0 Å². The summed E-state index contributed by atoms with van der Waals surface area (Å²) in [5.74, 6) is 1.82. The second kappa shape index (κ2) is 12.2. The predicted molar refractivity (Wildman–Crippen MR) is 161 cm³/mol. The van der Waals surface area contributed by atoms with Gasteiger partial charge in [-0.05, 0) is 72.6 Å². The third-order valence-electron chi connectivity index (χ3n) is 7.47. The van der Waals surface area contributed by atoms with Crippen molar-refractivity contribution in [3.05, 3.63) is 108 Å². The van der Waals surface area contributed by atoms with Crippen molar-refractivity contribution in [3.8, 4) is 28.5 Å². The van der Waals surface area contributed by atoms with Gasteiger partial charge in [-0.2, -0.15) is 0 Å². The van der Waals surface area contributed by atoms with Gasteiger partial charge < -0.3 is 13.9 Å². The molecule has 6 rings (SSSR count). The molecule has 5 heteroatoms. The summed E-state index contributed by atoms with van der Waals surface area (Å²) in [5.41, 5.74) is 7.91. The third kappa shape index (κ3) is 5.24. The zero-order valence-corrected chi connectivity index (χ0v) is 25.7. The van der Waals surface area contributed by atoms with E-state index in [0.29, 0.717) is 0 Å². The predicted octanol–water partition coefficient (Wildman–Crippen LogP) is 9.01. The van der Waals surface area contributed by atoms with E-state index in [-0.39, 0.29) is 20.1 Å². The van der Waals surface area contributed by atoms with Gasteiger partial charge in [0.25, 0.3) is 0 Å². The van der Waals surface area contributed by atoms with Gasteiger partial charge in [0, 0.05) is 49.4 Å². The van der Waals surface area contributed by atoms with E-state index in [1.165, 1.54) is 46.7 Å². The summed E-state index contributed by atoms with van der Waals surface area (Å²) >= 11 is 0. The fourth-order valence-corrected chi connectivity index (χ4v) is 5.68. The maximum absolute atomic E-state index is 6.10. The van der Waals surface area contributed by atoms with Crippen molar-refractivity contribution in [1.29, 1.82) is 0 Å². The first-order valence-electron chi connectivity index (χ1n) is 13.9. The van der Waals surface area contributed by atoms with E-state index in [1.807, 2.05) is 12.4 Å². The van der Waals surface area contributed by atoms with Crippen LogP contribution in [0.2, 0.25) is 0 Å². The van der Waals surface area contributed by atoms with Crippen LogP contribution in [0.1, 0.15) is 43.7 Å². The van der Waals surface area contributed by atoms with Crippen LogP contribution >= 0.6 is 0 Å². The molecule has 2 heterocycles. The molecule has 0 aliphatic heterocycles. The number of imidazole rings is 1. The van der Waals surface area contributed by atoms with E-state index in [2.05, 4.69) is 115 Å². The first-order valence-corrected chi connectivity index (χ1v) is 13.9. The first kappa shape index (κ1) is 27.9. The summed E-state index contributed by atoms with van der Waals surface area (Å²) in [4.78, 5) is 4.79. The van der Waals surface area contributed by atoms with Gasteiger partial charge in [-0.3, -0.25) is 4.98 Å². The van der Waals surface area contributed by atoms with Crippen molar-refractivity contribution in [2.75, 3.05) is 6.61 Å². The molecule has 1 radical (unpaired) electrons. The number of aryl methyl sites for hydroxylation is 2. The molecule has 2 aromatic heterocycles. The molecule has 205 valence electrons. The molecule has 0 saturated heterocycles. The summed E-state index contributed by atoms with van der Waals surface area (Å²) in [5, 5.41) is 2.41. The standard InChI is InChI=1S/C35H34N3O.Ir/c1-4-5-6-12-21-39-29-22-25(2)34(26(3)23-29)37-20-19-36-35(37)27-17-18-33-31(24-27)30-15-10-11-16-32(30)38(33)28-13-8-7-9-14-28;/h7-11,13-16,18-20,22-24H,4-6,12,21H2,1-3H3;/q-1;. The Hall–Kier alpha value is -3.66. The summed E-state index contributed by atoms with van der Waals surface area (Å²) in [6.07, 6.45) is 8.73. The minimum absolute atomic E-state index is 0. The number of unbranched alkanes of at least 4 members (excludes halogenated alkanes) is 3. The van der Waals surface area contributed by atoms with E-state index in [0.717, 1.165) is 47.1 Å². The van der Waals surface area contributed by atoms with E-state index in [9.17, 15) is 0 Å². The Bertz CT molecular complexity index is 1730. The minimum Gasteiger partial charge on any atom is -0.494 e. The van der Waals surface area contributed by atoms with Crippen molar-refractivity contribution < 1.29 is 24.8 Å². The average molecular weight is 705 g/mol. The zero-order chi connectivity index (χ0) is 26.8. The second-order valence-corrected chi connectivity index (χ2v) is 10.3. The van der Waals surface area contributed by atoms with Crippen LogP contribution in [0.25, 0.3) is 44.6 Å². The maximum atomic E-state index is 6.10. The Morgan fingerprint density at radius 2 is 1.57 bits per heavy atom. The van der Waals surface area contributed by atoms with Gasteiger partial charge in [-0.1, -0.05) is 68.0 Å². The van der Waals surface area contributed by atoms with Crippen molar-refractivity contribution in [2.45, 2.75) is 46.5 Å². The van der Waals surface area contributed by atoms with Gasteiger partial charge in [-0.15, -0.1) is 23.8 Å². The average Bonchev–Trinajstić information content (AvgIpc) is 3.56. The van der Waals surface area contributed by atoms with Crippen molar-refractivity contribution in [3.63, 3.8) is 0 Å². The molecular weight excluding hydrogens is 671 g/mol. The molecule has 4 aromatic carbocycles. The van der Waals surface area contributed by atoms with E-state index in [4.69, 9.17) is 9.72 Å². The Kier molecular flexibility index (Phi) is 8.54. The summed E-state index contributed by atoms with van der Waals surface area (Å²) in [6.45, 7) is 7.29. The van der Waals surface area contributed by atoms with Gasteiger partial charge in [0.1, 0.15) is 5.75 Å². The number of rotatable bonds is 9. The third-order valence-corrected chi connectivity index (χ3v) is 7.47. The molecule has 4 nitrogen and oxygen atoms in total. The van der Waals surface area contributed by atoms with E-state index in [1.54, 1.807) is 0 Å². The number of ether oxygens (including phenoxy) is 1. The molecule has 0 aliphatic rings. The molecule has 6 aromatic rings. The normalized spacial score (nSPS) is 11.2. The number of para-hydroxylation sites is 2. The summed E-state index contributed by atoms with van der Waals surface area (Å²) in [7, 11) is 0. The smallest absolute Gasteiger partial charge is 0.119 e. The first-order chi connectivity index (χ1) is 19.2. The molecule has 0 aliphatic carbocycles. The van der Waals surface area contributed by atoms with Gasteiger partial charge in [-0.25, -0.2) is 0 Å². The van der Waals surface area contributed by atoms with Crippen LogP contribution in [0, 0.1) is 19.9 Å². The second-order valence-electron chi connectivity index (χ2n) is 10.3. The molecule has 0 saturated carbocycles. The Morgan fingerprint density at radius 1 is 0.825 bits per heavy atom. The number of benzene rings is 4. The molecule has 0 unspecified atom stereocenters. The molecule has 0 bridgehead atoms. The molecule has 0 N–H and O–H groups in total. The van der Waals surface area contributed by atoms with Crippen molar-refractivity contribution >= 4 is 21.8 Å². The molecule has 0 fully saturated rings. The molecule has 0 atom stereocenters. The SMILES string of the molecule is CCCCCCOc1cc(C)c(-n2ccnc2-c2[c-]cc3c(c2)c2ccccc2n3-c2ccccc2)c(C)c1.[Ir]. The van der Waals surface area contributed by atoms with E-state index >= 15 is 0 Å². The Balaban J connectivity index is 0.00000323. The molecule has 0 spiro atoms. The quantitative estimate of drug-likeness (QED) is 0.111. The van der Waals surface area contributed by atoms with Gasteiger partial charge in [0.2, 0.25) is 0 Å². The Labute approximate surface area is 250 Å². The van der Waals surface area contributed by atoms with Crippen LogP contribution in [-0.2, 0) is 20.1 Å². The number of hydrogen-bond donors (Lipinski definition) is 0. The molecule has 40 heavy (non-hydrogen) atoms. The largest absolute Gasteiger partial charge is 0.494 e. The summed E-state index contributed by atoms with van der Waals surface area (Å²) < 4.78 is 10.6. The van der Waals surface area contributed by atoms with Crippen LogP contribution < -0.4 is 4.74 Å². The Morgan fingerprint density at radius 3 is 2.35 bits per heavy atom. The van der Waals surface area contributed by atoms with Gasteiger partial charge in [0.15, 0.2) is 0 Å². The van der Waals surface area contributed by atoms with Gasteiger partial charge in [0.05, 0.1) is 12.4 Å². The monoisotopic (exact) mass is 705 g/mol. The van der Waals surface area contributed by atoms with Crippen molar-refractivity contribution in [2.24, 2.45) is 0 Å². The van der Waals surface area contributed by atoms with Crippen LogP contribution in [0.3, 0.4) is 0 Å². The maximum Gasteiger partial charge on any atom is 0.119 e.